The molecule has 132 valence electrons. The first kappa shape index (κ1) is 16.8. The summed E-state index contributed by atoms with van der Waals surface area (Å²) in [6, 6.07) is 16.0. The first-order valence-corrected chi connectivity index (χ1v) is 10.1. The van der Waals surface area contributed by atoms with Gasteiger partial charge >= 0.3 is 0 Å². The summed E-state index contributed by atoms with van der Waals surface area (Å²) in [5.41, 5.74) is 1.47. The molecule has 1 aliphatic heterocycles. The van der Waals surface area contributed by atoms with E-state index in [9.17, 15) is 0 Å². The van der Waals surface area contributed by atoms with Crippen LogP contribution in [-0.2, 0) is 6.54 Å². The van der Waals surface area contributed by atoms with Crippen LogP contribution in [0.3, 0.4) is 0 Å². The number of nitrogens with zero attached hydrogens (tertiary/aromatic N) is 1. The van der Waals surface area contributed by atoms with Gasteiger partial charge in [0, 0.05) is 11.6 Å². The van der Waals surface area contributed by atoms with Crippen molar-refractivity contribution in [3.63, 3.8) is 0 Å². The number of hydrogen-bond acceptors (Lipinski definition) is 1. The lowest BCUT2D eigenvalue weighted by atomic mass is 10.0. The second kappa shape index (κ2) is 7.71. The van der Waals surface area contributed by atoms with Gasteiger partial charge in [-0.3, -0.25) is 0 Å². The molecule has 0 bridgehead atoms. The summed E-state index contributed by atoms with van der Waals surface area (Å²) in [6.45, 7) is 5.57. The molecule has 2 aromatic rings. The standard InChI is InChI=1S/C21H27N3S/c25-21(22-19-9-2-3-10-19)24-14-12-23(13-15-24)16-18-8-5-7-17-6-1-4-11-20(17)18/h1,4-8,11,19H,2-3,9-10,12-16H2,(H,22,25)/p+1. The summed E-state index contributed by atoms with van der Waals surface area (Å²) in [7, 11) is 0. The fourth-order valence-electron chi connectivity index (χ4n) is 4.25. The van der Waals surface area contributed by atoms with E-state index < -0.39 is 0 Å². The van der Waals surface area contributed by atoms with Crippen molar-refractivity contribution < 1.29 is 4.90 Å². The van der Waals surface area contributed by atoms with E-state index in [0.29, 0.717) is 6.04 Å². The van der Waals surface area contributed by atoms with Crippen molar-refractivity contribution in [3.8, 4) is 0 Å². The minimum absolute atomic E-state index is 0.619. The second-order valence-electron chi connectivity index (χ2n) is 7.48. The van der Waals surface area contributed by atoms with E-state index >= 15 is 0 Å². The molecule has 2 fully saturated rings. The fraction of sp³-hybridized carbons (Fsp3) is 0.476. The van der Waals surface area contributed by atoms with Gasteiger partial charge in [-0.25, -0.2) is 0 Å². The Labute approximate surface area is 156 Å². The topological polar surface area (TPSA) is 19.7 Å². The van der Waals surface area contributed by atoms with Gasteiger partial charge in [-0.1, -0.05) is 55.3 Å². The molecule has 0 spiro atoms. The van der Waals surface area contributed by atoms with E-state index in [4.69, 9.17) is 12.2 Å². The number of piperazine rings is 1. The number of rotatable bonds is 3. The van der Waals surface area contributed by atoms with Gasteiger partial charge in [-0.05, 0) is 35.8 Å². The molecule has 1 heterocycles. The Balaban J connectivity index is 1.33. The van der Waals surface area contributed by atoms with Gasteiger partial charge in [-0.2, -0.15) is 0 Å². The maximum atomic E-state index is 5.65. The molecule has 2 N–H and O–H groups in total. The van der Waals surface area contributed by atoms with Crippen LogP contribution in [-0.4, -0.2) is 42.2 Å². The lowest BCUT2D eigenvalue weighted by molar-refractivity contribution is -0.917. The zero-order valence-electron chi connectivity index (χ0n) is 14.8. The van der Waals surface area contributed by atoms with Crippen LogP contribution in [0.4, 0.5) is 0 Å². The van der Waals surface area contributed by atoms with Crippen molar-refractivity contribution in [1.82, 2.24) is 10.2 Å². The molecular formula is C21H28N3S+. The third-order valence-electron chi connectivity index (χ3n) is 5.76. The zero-order valence-corrected chi connectivity index (χ0v) is 15.7. The van der Waals surface area contributed by atoms with E-state index in [1.165, 1.54) is 42.0 Å². The lowest BCUT2D eigenvalue weighted by Gasteiger charge is -2.35. The van der Waals surface area contributed by atoms with Crippen molar-refractivity contribution >= 4 is 28.1 Å². The highest BCUT2D eigenvalue weighted by Gasteiger charge is 2.24. The Hall–Kier alpha value is -1.65. The van der Waals surface area contributed by atoms with Gasteiger partial charge in [-0.15, -0.1) is 0 Å². The number of thiocarbonyl (C=S) groups is 1. The Morgan fingerprint density at radius 2 is 1.76 bits per heavy atom. The van der Waals surface area contributed by atoms with Crippen LogP contribution in [0.1, 0.15) is 31.2 Å². The van der Waals surface area contributed by atoms with Gasteiger partial charge < -0.3 is 15.1 Å². The Bertz CT molecular complexity index is 726. The molecule has 1 saturated heterocycles. The van der Waals surface area contributed by atoms with Gasteiger partial charge in [0.2, 0.25) is 0 Å². The first-order valence-electron chi connectivity index (χ1n) is 9.65. The summed E-state index contributed by atoms with van der Waals surface area (Å²) in [5.74, 6) is 0. The minimum atomic E-state index is 0.619. The molecule has 4 heteroatoms. The van der Waals surface area contributed by atoms with Crippen molar-refractivity contribution in [2.24, 2.45) is 0 Å². The third-order valence-corrected chi connectivity index (χ3v) is 6.14. The molecule has 2 aromatic carbocycles. The zero-order chi connectivity index (χ0) is 17.1. The van der Waals surface area contributed by atoms with Crippen LogP contribution in [0.25, 0.3) is 10.8 Å². The van der Waals surface area contributed by atoms with Crippen molar-refractivity contribution in [3.05, 3.63) is 48.0 Å². The molecule has 1 aliphatic carbocycles. The quantitative estimate of drug-likeness (QED) is 0.826. The Kier molecular flexibility index (Phi) is 5.18. The van der Waals surface area contributed by atoms with Crippen LogP contribution in [0.5, 0.6) is 0 Å². The van der Waals surface area contributed by atoms with Crippen LogP contribution in [0.15, 0.2) is 42.5 Å². The highest BCUT2D eigenvalue weighted by Crippen LogP contribution is 2.18. The molecule has 0 amide bonds. The van der Waals surface area contributed by atoms with Gasteiger partial charge in [0.15, 0.2) is 5.11 Å². The van der Waals surface area contributed by atoms with E-state index in [1.54, 1.807) is 4.90 Å². The van der Waals surface area contributed by atoms with E-state index in [0.717, 1.165) is 37.8 Å². The molecule has 0 aromatic heterocycles. The normalized spacial score (nSPS) is 19.4. The molecule has 2 aliphatic rings. The van der Waals surface area contributed by atoms with Crippen LogP contribution in [0.2, 0.25) is 0 Å². The number of hydrogen-bond donors (Lipinski definition) is 2. The number of quaternary nitrogens is 1. The summed E-state index contributed by atoms with van der Waals surface area (Å²) >= 11 is 5.65. The lowest BCUT2D eigenvalue weighted by Crippen LogP contribution is -3.13. The third kappa shape index (κ3) is 3.96. The van der Waals surface area contributed by atoms with Gasteiger partial charge in [0.1, 0.15) is 6.54 Å². The molecular weight excluding hydrogens is 326 g/mol. The first-order chi connectivity index (χ1) is 12.3. The molecule has 4 rings (SSSR count). The minimum Gasteiger partial charge on any atom is -0.360 e. The predicted octanol–water partition coefficient (Wildman–Crippen LogP) is 2.36. The molecule has 0 radical (unpaired) electrons. The Morgan fingerprint density at radius 1 is 1.04 bits per heavy atom. The average Bonchev–Trinajstić information content (AvgIpc) is 3.16. The average molecular weight is 355 g/mol. The SMILES string of the molecule is S=C(NC1CCCC1)N1CC[NH+](Cc2cccc3ccccc23)CC1. The van der Waals surface area contributed by atoms with Crippen LogP contribution >= 0.6 is 12.2 Å². The van der Waals surface area contributed by atoms with Crippen molar-refractivity contribution in [2.75, 3.05) is 26.2 Å². The van der Waals surface area contributed by atoms with E-state index in [1.807, 2.05) is 0 Å². The van der Waals surface area contributed by atoms with Crippen molar-refractivity contribution in [1.29, 1.82) is 0 Å². The summed E-state index contributed by atoms with van der Waals surface area (Å²) in [6.07, 6.45) is 5.27. The summed E-state index contributed by atoms with van der Waals surface area (Å²) in [5, 5.41) is 7.32. The van der Waals surface area contributed by atoms with Crippen LogP contribution < -0.4 is 10.2 Å². The summed E-state index contributed by atoms with van der Waals surface area (Å²) in [4.78, 5) is 4.04. The maximum absolute atomic E-state index is 5.65. The van der Waals surface area contributed by atoms with Gasteiger partial charge in [0.25, 0.3) is 0 Å². The number of benzene rings is 2. The van der Waals surface area contributed by atoms with Gasteiger partial charge in [0.05, 0.1) is 26.2 Å². The number of fused-ring (bicyclic) bond motifs is 1. The van der Waals surface area contributed by atoms with Crippen LogP contribution in [0, 0.1) is 0 Å². The van der Waals surface area contributed by atoms with Crippen molar-refractivity contribution in [2.45, 2.75) is 38.3 Å². The molecule has 25 heavy (non-hydrogen) atoms. The molecule has 0 atom stereocenters. The fourth-order valence-corrected chi connectivity index (χ4v) is 4.60. The Morgan fingerprint density at radius 3 is 2.56 bits per heavy atom. The molecule has 3 nitrogen and oxygen atoms in total. The number of nitrogens with one attached hydrogen (secondary N) is 2. The largest absolute Gasteiger partial charge is 0.360 e. The smallest absolute Gasteiger partial charge is 0.169 e. The highest BCUT2D eigenvalue weighted by molar-refractivity contribution is 7.80. The van der Waals surface area contributed by atoms with E-state index in [-0.39, 0.29) is 0 Å². The predicted molar refractivity (Wildman–Crippen MR) is 108 cm³/mol. The maximum Gasteiger partial charge on any atom is 0.169 e. The highest BCUT2D eigenvalue weighted by atomic mass is 32.1. The van der Waals surface area contributed by atoms with E-state index in [2.05, 4.69) is 52.7 Å². The monoisotopic (exact) mass is 354 g/mol. The second-order valence-corrected chi connectivity index (χ2v) is 7.87. The molecule has 0 unspecified atom stereocenters. The summed E-state index contributed by atoms with van der Waals surface area (Å²) < 4.78 is 0. The molecule has 1 saturated carbocycles.